The van der Waals surface area contributed by atoms with Crippen molar-refractivity contribution in [2.45, 2.75) is 18.4 Å². The smallest absolute Gasteiger partial charge is 0.265 e. The Morgan fingerprint density at radius 2 is 2.31 bits per heavy atom. The molecule has 0 amide bonds. The summed E-state index contributed by atoms with van der Waals surface area (Å²) in [4.78, 5) is 0. The van der Waals surface area contributed by atoms with E-state index in [0.29, 0.717) is 0 Å². The monoisotopic (exact) mass is 242 g/mol. The highest BCUT2D eigenvalue weighted by molar-refractivity contribution is 6.99. The molecule has 1 aromatic rings. The predicted octanol–water partition coefficient (Wildman–Crippen LogP) is 1.56. The lowest BCUT2D eigenvalue weighted by molar-refractivity contribution is 0.105. The minimum atomic E-state index is -0.737. The second-order valence-electron chi connectivity index (χ2n) is 2.42. The molecule has 0 aliphatic carbocycles. The normalized spacial score (nSPS) is 15.4. The van der Waals surface area contributed by atoms with Gasteiger partial charge in [-0.05, 0) is 6.92 Å². The standard InChI is InChI=1S/C6H8Cl2N2O2S/c1-3(7)4(11)2-12-6-5(8)9-13-10-6/h3-4,11H,2H2,1H3. The summed E-state index contributed by atoms with van der Waals surface area (Å²) in [7, 11) is 0. The van der Waals surface area contributed by atoms with Crippen LogP contribution < -0.4 is 4.74 Å². The van der Waals surface area contributed by atoms with Gasteiger partial charge in [-0.1, -0.05) is 11.6 Å². The van der Waals surface area contributed by atoms with Crippen molar-refractivity contribution in [2.75, 3.05) is 6.61 Å². The van der Waals surface area contributed by atoms with E-state index in [1.54, 1.807) is 6.92 Å². The van der Waals surface area contributed by atoms with E-state index in [-0.39, 0.29) is 23.0 Å². The highest BCUT2D eigenvalue weighted by Crippen LogP contribution is 2.20. The Balaban J connectivity index is 2.39. The number of halogens is 2. The van der Waals surface area contributed by atoms with Gasteiger partial charge >= 0.3 is 0 Å². The van der Waals surface area contributed by atoms with Crippen LogP contribution in [0.3, 0.4) is 0 Å². The van der Waals surface area contributed by atoms with Gasteiger partial charge in [0.15, 0.2) is 0 Å². The first-order valence-electron chi connectivity index (χ1n) is 3.54. The maximum atomic E-state index is 9.27. The molecule has 13 heavy (non-hydrogen) atoms. The summed E-state index contributed by atoms with van der Waals surface area (Å²) in [5.41, 5.74) is 0. The van der Waals surface area contributed by atoms with Crippen LogP contribution in [0.4, 0.5) is 0 Å². The van der Waals surface area contributed by atoms with Gasteiger partial charge in [0.2, 0.25) is 5.15 Å². The first kappa shape index (κ1) is 11.0. The lowest BCUT2D eigenvalue weighted by atomic mass is 10.3. The van der Waals surface area contributed by atoms with Crippen molar-refractivity contribution in [3.63, 3.8) is 0 Å². The molecule has 7 heteroatoms. The highest BCUT2D eigenvalue weighted by atomic mass is 35.5. The van der Waals surface area contributed by atoms with E-state index in [4.69, 9.17) is 27.9 Å². The van der Waals surface area contributed by atoms with Crippen molar-refractivity contribution in [3.05, 3.63) is 5.15 Å². The lowest BCUT2D eigenvalue weighted by Crippen LogP contribution is -2.25. The van der Waals surface area contributed by atoms with Crippen molar-refractivity contribution < 1.29 is 9.84 Å². The van der Waals surface area contributed by atoms with Crippen LogP contribution in [0, 0.1) is 0 Å². The number of aliphatic hydroxyl groups is 1. The van der Waals surface area contributed by atoms with Gasteiger partial charge in [0, 0.05) is 0 Å². The van der Waals surface area contributed by atoms with Crippen LogP contribution in [0.1, 0.15) is 6.92 Å². The summed E-state index contributed by atoms with van der Waals surface area (Å²) in [5, 5.41) is 9.11. The van der Waals surface area contributed by atoms with Gasteiger partial charge in [-0.3, -0.25) is 0 Å². The summed E-state index contributed by atoms with van der Waals surface area (Å²) < 4.78 is 12.5. The Morgan fingerprint density at radius 1 is 1.62 bits per heavy atom. The molecule has 0 saturated carbocycles. The first-order chi connectivity index (χ1) is 6.11. The summed E-state index contributed by atoms with van der Waals surface area (Å²) in [6.45, 7) is 1.74. The van der Waals surface area contributed by atoms with Gasteiger partial charge < -0.3 is 9.84 Å². The zero-order valence-electron chi connectivity index (χ0n) is 6.78. The van der Waals surface area contributed by atoms with Gasteiger partial charge in [0.1, 0.15) is 12.7 Å². The number of rotatable bonds is 4. The molecule has 0 bridgehead atoms. The Labute approximate surface area is 89.8 Å². The number of hydrogen-bond donors (Lipinski definition) is 1. The zero-order chi connectivity index (χ0) is 9.84. The second-order valence-corrected chi connectivity index (χ2v) is 3.99. The fraction of sp³-hybridized carbons (Fsp3) is 0.667. The summed E-state index contributed by atoms with van der Waals surface area (Å²) >= 11 is 12.2. The van der Waals surface area contributed by atoms with E-state index in [1.807, 2.05) is 0 Å². The molecule has 1 rings (SSSR count). The molecule has 0 aromatic carbocycles. The van der Waals surface area contributed by atoms with E-state index in [1.165, 1.54) is 0 Å². The lowest BCUT2D eigenvalue weighted by Gasteiger charge is -2.12. The Kier molecular flexibility index (Phi) is 4.18. The first-order valence-corrected chi connectivity index (χ1v) is 5.08. The van der Waals surface area contributed by atoms with Gasteiger partial charge in [0.05, 0.1) is 17.1 Å². The molecule has 0 radical (unpaired) electrons. The summed E-state index contributed by atoms with van der Waals surface area (Å²) in [6, 6.07) is 0. The van der Waals surface area contributed by atoms with Gasteiger partial charge in [-0.2, -0.15) is 4.37 Å². The SMILES string of the molecule is CC(Cl)C(O)COc1nsnc1Cl. The molecule has 0 saturated heterocycles. The average Bonchev–Trinajstić information content (AvgIpc) is 2.47. The molecule has 0 aliphatic heterocycles. The van der Waals surface area contributed by atoms with Crippen molar-refractivity contribution in [1.29, 1.82) is 0 Å². The minimum absolute atomic E-state index is 0.0653. The number of aliphatic hydroxyl groups excluding tert-OH is 1. The second kappa shape index (κ2) is 4.95. The average molecular weight is 243 g/mol. The van der Waals surface area contributed by atoms with Crippen LogP contribution in [-0.2, 0) is 0 Å². The molecule has 1 aromatic heterocycles. The number of ether oxygens (including phenoxy) is 1. The molecular weight excluding hydrogens is 235 g/mol. The molecule has 1 heterocycles. The van der Waals surface area contributed by atoms with Crippen LogP contribution >= 0.6 is 34.9 Å². The van der Waals surface area contributed by atoms with Gasteiger partial charge in [-0.25, -0.2) is 0 Å². The molecule has 74 valence electrons. The van der Waals surface area contributed by atoms with Gasteiger partial charge in [0.25, 0.3) is 5.88 Å². The third-order valence-corrected chi connectivity index (χ3v) is 2.49. The molecule has 2 atom stereocenters. The number of alkyl halides is 1. The summed E-state index contributed by atoms with van der Waals surface area (Å²) in [6.07, 6.45) is -0.737. The largest absolute Gasteiger partial charge is 0.472 e. The van der Waals surface area contributed by atoms with Crippen molar-refractivity contribution >= 4 is 34.9 Å². The van der Waals surface area contributed by atoms with E-state index < -0.39 is 6.10 Å². The van der Waals surface area contributed by atoms with Crippen LogP contribution in [0.25, 0.3) is 0 Å². The van der Waals surface area contributed by atoms with Crippen LogP contribution in [0.5, 0.6) is 5.88 Å². The molecular formula is C6H8Cl2N2O2S. The fourth-order valence-electron chi connectivity index (χ4n) is 0.553. The van der Waals surface area contributed by atoms with Crippen molar-refractivity contribution in [2.24, 2.45) is 0 Å². The van der Waals surface area contributed by atoms with Crippen LogP contribution in [0.2, 0.25) is 5.15 Å². The summed E-state index contributed by atoms with van der Waals surface area (Å²) in [5.74, 6) is 0.239. The minimum Gasteiger partial charge on any atom is -0.472 e. The van der Waals surface area contributed by atoms with Crippen LogP contribution in [0.15, 0.2) is 0 Å². The third kappa shape index (κ3) is 3.27. The quantitative estimate of drug-likeness (QED) is 0.815. The Bertz CT molecular complexity index is 269. The Morgan fingerprint density at radius 3 is 2.77 bits per heavy atom. The predicted molar refractivity (Wildman–Crippen MR) is 51.7 cm³/mol. The van der Waals surface area contributed by atoms with E-state index in [9.17, 15) is 5.11 Å². The van der Waals surface area contributed by atoms with E-state index in [0.717, 1.165) is 11.7 Å². The van der Waals surface area contributed by atoms with Crippen LogP contribution in [-0.4, -0.2) is 31.9 Å². The van der Waals surface area contributed by atoms with Crippen molar-refractivity contribution in [1.82, 2.24) is 8.75 Å². The Hall–Kier alpha value is -0.100. The number of hydrogen-bond acceptors (Lipinski definition) is 5. The maximum Gasteiger partial charge on any atom is 0.265 e. The molecule has 0 fully saturated rings. The molecule has 2 unspecified atom stereocenters. The molecule has 0 spiro atoms. The number of nitrogens with zero attached hydrogens (tertiary/aromatic N) is 2. The third-order valence-electron chi connectivity index (χ3n) is 1.34. The topological polar surface area (TPSA) is 55.2 Å². The van der Waals surface area contributed by atoms with Gasteiger partial charge in [-0.15, -0.1) is 16.0 Å². The molecule has 0 aliphatic rings. The maximum absolute atomic E-state index is 9.27. The molecule has 1 N–H and O–H groups in total. The van der Waals surface area contributed by atoms with Crippen molar-refractivity contribution in [3.8, 4) is 5.88 Å². The van der Waals surface area contributed by atoms with E-state index in [2.05, 4.69) is 8.75 Å². The van der Waals surface area contributed by atoms with E-state index >= 15 is 0 Å². The molecule has 4 nitrogen and oxygen atoms in total. The zero-order valence-corrected chi connectivity index (χ0v) is 9.10. The fourth-order valence-corrected chi connectivity index (χ4v) is 1.27. The number of aromatic nitrogens is 2. The highest BCUT2D eigenvalue weighted by Gasteiger charge is 2.14.